The summed E-state index contributed by atoms with van der Waals surface area (Å²) in [5.74, 6) is 0.626. The fourth-order valence-corrected chi connectivity index (χ4v) is 2.96. The minimum atomic E-state index is 0.132. The second-order valence-corrected chi connectivity index (χ2v) is 5.32. The standard InChI is InChI=1S/C13H15ClN4O/c1-17-7-8(5-6-11(17)19)18-12-9(14)3-2-4-10(12)16-13(18)15/h2-4,8H,5-7H2,1H3,(H2,15,16). The molecule has 2 heterocycles. The van der Waals surface area contributed by atoms with Crippen LogP contribution in [0, 0.1) is 0 Å². The fourth-order valence-electron chi connectivity index (χ4n) is 2.70. The number of halogens is 1. The van der Waals surface area contributed by atoms with Crippen LogP contribution >= 0.6 is 11.6 Å². The molecule has 6 heteroatoms. The number of nitrogens with two attached hydrogens (primary N) is 1. The van der Waals surface area contributed by atoms with E-state index in [-0.39, 0.29) is 11.9 Å². The number of nitrogens with zero attached hydrogens (tertiary/aromatic N) is 3. The Hall–Kier alpha value is -1.75. The summed E-state index contributed by atoms with van der Waals surface area (Å²) in [7, 11) is 1.81. The number of para-hydroxylation sites is 1. The van der Waals surface area contributed by atoms with Crippen molar-refractivity contribution in [1.29, 1.82) is 0 Å². The van der Waals surface area contributed by atoms with Crippen LogP contribution in [0.4, 0.5) is 5.95 Å². The molecule has 1 aromatic carbocycles. The van der Waals surface area contributed by atoms with Crippen LogP contribution < -0.4 is 5.73 Å². The molecule has 0 radical (unpaired) electrons. The maximum Gasteiger partial charge on any atom is 0.222 e. The number of piperidine rings is 1. The molecule has 3 rings (SSSR count). The van der Waals surface area contributed by atoms with Gasteiger partial charge in [-0.2, -0.15) is 0 Å². The zero-order valence-corrected chi connectivity index (χ0v) is 11.4. The average molecular weight is 279 g/mol. The number of carbonyl (C=O) groups excluding carboxylic acids is 1. The van der Waals surface area contributed by atoms with E-state index in [4.69, 9.17) is 17.3 Å². The summed E-state index contributed by atoms with van der Waals surface area (Å²) >= 11 is 6.26. The predicted octanol–water partition coefficient (Wildman–Crippen LogP) is 2.07. The molecule has 0 spiro atoms. The Bertz CT molecular complexity index is 651. The molecule has 1 atom stereocenters. The van der Waals surface area contributed by atoms with Crippen LogP contribution in [0.5, 0.6) is 0 Å². The third-order valence-corrected chi connectivity index (χ3v) is 3.96. The number of imidazole rings is 1. The van der Waals surface area contributed by atoms with Gasteiger partial charge in [0.05, 0.1) is 22.1 Å². The maximum atomic E-state index is 11.6. The first kappa shape index (κ1) is 12.3. The summed E-state index contributed by atoms with van der Waals surface area (Å²) in [4.78, 5) is 17.6. The van der Waals surface area contributed by atoms with Crippen molar-refractivity contribution < 1.29 is 4.79 Å². The quantitative estimate of drug-likeness (QED) is 0.868. The van der Waals surface area contributed by atoms with Crippen molar-refractivity contribution in [3.05, 3.63) is 23.2 Å². The zero-order chi connectivity index (χ0) is 13.6. The van der Waals surface area contributed by atoms with Crippen molar-refractivity contribution in [3.8, 4) is 0 Å². The molecule has 0 saturated carbocycles. The van der Waals surface area contributed by atoms with Crippen molar-refractivity contribution in [2.75, 3.05) is 19.3 Å². The van der Waals surface area contributed by atoms with Crippen molar-refractivity contribution in [3.63, 3.8) is 0 Å². The topological polar surface area (TPSA) is 64.2 Å². The highest BCUT2D eigenvalue weighted by Crippen LogP contribution is 2.32. The van der Waals surface area contributed by atoms with Gasteiger partial charge >= 0.3 is 0 Å². The van der Waals surface area contributed by atoms with Gasteiger partial charge in [0.1, 0.15) is 0 Å². The average Bonchev–Trinajstić information content (AvgIpc) is 2.70. The lowest BCUT2D eigenvalue weighted by Gasteiger charge is -2.31. The van der Waals surface area contributed by atoms with Gasteiger partial charge in [0, 0.05) is 20.0 Å². The van der Waals surface area contributed by atoms with Gasteiger partial charge in [0.25, 0.3) is 0 Å². The number of carbonyl (C=O) groups is 1. The summed E-state index contributed by atoms with van der Waals surface area (Å²) in [5.41, 5.74) is 7.67. The first-order chi connectivity index (χ1) is 9.08. The minimum Gasteiger partial charge on any atom is -0.369 e. The lowest BCUT2D eigenvalue weighted by Crippen LogP contribution is -2.38. The van der Waals surface area contributed by atoms with Crippen molar-refractivity contribution in [1.82, 2.24) is 14.5 Å². The molecule has 1 aliphatic heterocycles. The van der Waals surface area contributed by atoms with Crippen LogP contribution in [0.3, 0.4) is 0 Å². The second-order valence-electron chi connectivity index (χ2n) is 4.91. The van der Waals surface area contributed by atoms with E-state index in [1.54, 1.807) is 4.90 Å². The molecular weight excluding hydrogens is 264 g/mol. The number of likely N-dealkylation sites (N-methyl/N-ethyl adjacent to an activating group) is 1. The number of likely N-dealkylation sites (tertiary alicyclic amines) is 1. The molecule has 2 N–H and O–H groups in total. The van der Waals surface area contributed by atoms with E-state index in [1.807, 2.05) is 29.8 Å². The van der Waals surface area contributed by atoms with Crippen molar-refractivity contribution in [2.45, 2.75) is 18.9 Å². The third-order valence-electron chi connectivity index (χ3n) is 3.66. The first-order valence-electron chi connectivity index (χ1n) is 6.24. The van der Waals surface area contributed by atoms with Crippen LogP contribution in [-0.4, -0.2) is 34.0 Å². The fraction of sp³-hybridized carbons (Fsp3) is 0.385. The minimum absolute atomic E-state index is 0.132. The Balaban J connectivity index is 2.10. The number of hydrogen-bond acceptors (Lipinski definition) is 3. The highest BCUT2D eigenvalue weighted by atomic mass is 35.5. The molecule has 1 aliphatic rings. The SMILES string of the molecule is CN1CC(n2c(N)nc3cccc(Cl)c32)CCC1=O. The van der Waals surface area contributed by atoms with E-state index < -0.39 is 0 Å². The van der Waals surface area contributed by atoms with Gasteiger partial charge in [0.2, 0.25) is 11.9 Å². The van der Waals surface area contributed by atoms with Gasteiger partial charge in [-0.3, -0.25) is 4.79 Å². The van der Waals surface area contributed by atoms with Gasteiger partial charge in [0.15, 0.2) is 0 Å². The van der Waals surface area contributed by atoms with E-state index >= 15 is 0 Å². The molecule has 1 unspecified atom stereocenters. The Morgan fingerprint density at radius 2 is 2.26 bits per heavy atom. The van der Waals surface area contributed by atoms with Crippen LogP contribution in [-0.2, 0) is 4.79 Å². The van der Waals surface area contributed by atoms with Gasteiger partial charge in [-0.25, -0.2) is 4.98 Å². The van der Waals surface area contributed by atoms with Gasteiger partial charge < -0.3 is 15.2 Å². The lowest BCUT2D eigenvalue weighted by atomic mass is 10.1. The summed E-state index contributed by atoms with van der Waals surface area (Å²) < 4.78 is 1.96. The van der Waals surface area contributed by atoms with E-state index in [0.29, 0.717) is 23.9 Å². The van der Waals surface area contributed by atoms with E-state index in [1.165, 1.54) is 0 Å². The van der Waals surface area contributed by atoms with E-state index in [9.17, 15) is 4.79 Å². The van der Waals surface area contributed by atoms with Gasteiger partial charge in [-0.1, -0.05) is 17.7 Å². The number of anilines is 1. The Morgan fingerprint density at radius 3 is 3.00 bits per heavy atom. The number of fused-ring (bicyclic) bond motifs is 1. The van der Waals surface area contributed by atoms with Crippen molar-refractivity contribution in [2.24, 2.45) is 0 Å². The van der Waals surface area contributed by atoms with Crippen LogP contribution in [0.15, 0.2) is 18.2 Å². The number of benzene rings is 1. The molecule has 19 heavy (non-hydrogen) atoms. The van der Waals surface area contributed by atoms with Gasteiger partial charge in [-0.05, 0) is 18.6 Å². The monoisotopic (exact) mass is 278 g/mol. The van der Waals surface area contributed by atoms with Crippen LogP contribution in [0.25, 0.3) is 11.0 Å². The number of amides is 1. The number of rotatable bonds is 1. The van der Waals surface area contributed by atoms with Crippen LogP contribution in [0.1, 0.15) is 18.9 Å². The summed E-state index contributed by atoms with van der Waals surface area (Å²) in [5, 5.41) is 0.640. The molecule has 1 aromatic heterocycles. The van der Waals surface area contributed by atoms with E-state index in [0.717, 1.165) is 17.5 Å². The zero-order valence-electron chi connectivity index (χ0n) is 10.6. The number of aromatic nitrogens is 2. The molecule has 1 saturated heterocycles. The Kier molecular flexibility index (Phi) is 2.86. The smallest absolute Gasteiger partial charge is 0.222 e. The van der Waals surface area contributed by atoms with Crippen LogP contribution in [0.2, 0.25) is 5.02 Å². The molecule has 0 bridgehead atoms. The van der Waals surface area contributed by atoms with Gasteiger partial charge in [-0.15, -0.1) is 0 Å². The number of nitrogen functional groups attached to an aromatic ring is 1. The molecular formula is C13H15ClN4O. The van der Waals surface area contributed by atoms with E-state index in [2.05, 4.69) is 4.98 Å². The summed E-state index contributed by atoms with van der Waals surface area (Å²) in [6, 6.07) is 5.72. The molecule has 1 fully saturated rings. The third kappa shape index (κ3) is 1.94. The lowest BCUT2D eigenvalue weighted by molar-refractivity contribution is -0.132. The van der Waals surface area contributed by atoms with Crippen molar-refractivity contribution >= 4 is 34.5 Å². The highest BCUT2D eigenvalue weighted by Gasteiger charge is 2.27. The Morgan fingerprint density at radius 1 is 1.47 bits per heavy atom. The normalized spacial score (nSPS) is 20.2. The maximum absolute atomic E-state index is 11.6. The predicted molar refractivity (Wildman–Crippen MR) is 75.1 cm³/mol. The molecule has 5 nitrogen and oxygen atoms in total. The number of hydrogen-bond donors (Lipinski definition) is 1. The summed E-state index contributed by atoms with van der Waals surface area (Å²) in [6.07, 6.45) is 1.30. The first-order valence-corrected chi connectivity index (χ1v) is 6.61. The largest absolute Gasteiger partial charge is 0.369 e. The molecule has 2 aromatic rings. The summed E-state index contributed by atoms with van der Waals surface area (Å²) in [6.45, 7) is 0.639. The molecule has 0 aliphatic carbocycles. The molecule has 1 amide bonds. The highest BCUT2D eigenvalue weighted by molar-refractivity contribution is 6.35. The Labute approximate surface area is 116 Å². The second kappa shape index (κ2) is 4.42. The molecule has 100 valence electrons.